The van der Waals surface area contributed by atoms with Gasteiger partial charge in [0.2, 0.25) is 0 Å². The van der Waals surface area contributed by atoms with Crippen LogP contribution < -0.4 is 14.8 Å². The van der Waals surface area contributed by atoms with Crippen LogP contribution in [-0.2, 0) is 10.0 Å². The van der Waals surface area contributed by atoms with Crippen molar-refractivity contribution in [3.8, 4) is 5.75 Å². The second kappa shape index (κ2) is 8.73. The Morgan fingerprint density at radius 2 is 1.75 bits per heavy atom. The summed E-state index contributed by atoms with van der Waals surface area (Å²) in [6.07, 6.45) is 1.27. The summed E-state index contributed by atoms with van der Waals surface area (Å²) in [5.41, 5.74) is 0.540. The quantitative estimate of drug-likeness (QED) is 0.363. The Hall–Kier alpha value is -3.21. The fourth-order valence-electron chi connectivity index (χ4n) is 2.83. The lowest BCUT2D eigenvalue weighted by atomic mass is 10.2. The number of fused-ring (bicyclic) bond motifs is 1. The van der Waals surface area contributed by atoms with E-state index in [4.69, 9.17) is 27.9 Å². The molecule has 0 aliphatic rings. The van der Waals surface area contributed by atoms with Crippen molar-refractivity contribution in [2.75, 3.05) is 17.1 Å². The van der Waals surface area contributed by atoms with Gasteiger partial charge in [-0.05, 0) is 48.5 Å². The maximum absolute atomic E-state index is 14.6. The van der Waals surface area contributed by atoms with Gasteiger partial charge in [-0.3, -0.25) is 4.72 Å². The van der Waals surface area contributed by atoms with Crippen molar-refractivity contribution >= 4 is 61.5 Å². The van der Waals surface area contributed by atoms with E-state index >= 15 is 0 Å². The maximum Gasteiger partial charge on any atom is 0.261 e. The summed E-state index contributed by atoms with van der Waals surface area (Å²) in [6.45, 7) is 0. The number of rotatable bonds is 6. The zero-order valence-corrected chi connectivity index (χ0v) is 18.6. The third-order valence-corrected chi connectivity index (χ3v) is 6.38. The molecule has 0 aliphatic heterocycles. The van der Waals surface area contributed by atoms with Crippen LogP contribution in [-0.4, -0.2) is 30.5 Å². The lowest BCUT2D eigenvalue weighted by Gasteiger charge is -2.15. The minimum absolute atomic E-state index is 0.0196. The molecule has 0 radical (unpaired) electrons. The molecule has 0 saturated heterocycles. The molecule has 8 nitrogen and oxygen atoms in total. The molecular weight excluding hydrogens is 480 g/mol. The van der Waals surface area contributed by atoms with Gasteiger partial charge in [0.25, 0.3) is 10.0 Å². The first-order valence-electron chi connectivity index (χ1n) is 8.97. The van der Waals surface area contributed by atoms with E-state index in [1.165, 1.54) is 43.8 Å². The van der Waals surface area contributed by atoms with Crippen LogP contribution in [0.5, 0.6) is 5.75 Å². The minimum atomic E-state index is -4.00. The van der Waals surface area contributed by atoms with Crippen LogP contribution in [0.2, 0.25) is 10.2 Å². The molecule has 12 heteroatoms. The molecule has 2 aromatic carbocycles. The molecule has 2 heterocycles. The minimum Gasteiger partial charge on any atom is -0.497 e. The first kappa shape index (κ1) is 22.0. The molecule has 0 bridgehead atoms. The number of sulfonamides is 1. The zero-order valence-electron chi connectivity index (χ0n) is 16.3. The Bertz CT molecular complexity index is 1420. The van der Waals surface area contributed by atoms with E-state index in [-0.39, 0.29) is 32.3 Å². The molecule has 0 aliphatic carbocycles. The van der Waals surface area contributed by atoms with Gasteiger partial charge >= 0.3 is 0 Å². The first-order chi connectivity index (χ1) is 15.3. The van der Waals surface area contributed by atoms with Crippen LogP contribution >= 0.6 is 23.2 Å². The van der Waals surface area contributed by atoms with E-state index in [9.17, 15) is 12.8 Å². The number of anilines is 3. The molecule has 0 atom stereocenters. The molecule has 164 valence electrons. The SMILES string of the molecule is COc1ccc(S(=O)(=O)Nc2ccc(F)c(Nc3ncnc4ccc(Cl)nc34)c2Cl)cc1. The summed E-state index contributed by atoms with van der Waals surface area (Å²) >= 11 is 12.3. The first-order valence-corrected chi connectivity index (χ1v) is 11.2. The van der Waals surface area contributed by atoms with E-state index in [1.807, 2.05) is 0 Å². The molecule has 2 aromatic heterocycles. The number of hydrogen-bond donors (Lipinski definition) is 2. The van der Waals surface area contributed by atoms with Crippen molar-refractivity contribution in [2.24, 2.45) is 0 Å². The number of benzene rings is 2. The molecule has 0 saturated carbocycles. The molecule has 4 aromatic rings. The molecule has 32 heavy (non-hydrogen) atoms. The molecular formula is C20H14Cl2FN5O3S. The van der Waals surface area contributed by atoms with E-state index in [1.54, 1.807) is 12.1 Å². The molecule has 0 amide bonds. The Morgan fingerprint density at radius 3 is 2.47 bits per heavy atom. The number of nitrogens with zero attached hydrogens (tertiary/aromatic N) is 3. The average Bonchev–Trinajstić information content (AvgIpc) is 2.78. The van der Waals surface area contributed by atoms with Crippen LogP contribution in [0.3, 0.4) is 0 Å². The van der Waals surface area contributed by atoms with E-state index < -0.39 is 15.8 Å². The third-order valence-electron chi connectivity index (χ3n) is 4.40. The highest BCUT2D eigenvalue weighted by Crippen LogP contribution is 2.36. The van der Waals surface area contributed by atoms with E-state index in [0.717, 1.165) is 6.07 Å². The van der Waals surface area contributed by atoms with Crippen LogP contribution in [0.1, 0.15) is 0 Å². The summed E-state index contributed by atoms with van der Waals surface area (Å²) < 4.78 is 47.5. The van der Waals surface area contributed by atoms with Crippen molar-refractivity contribution in [1.29, 1.82) is 0 Å². The zero-order chi connectivity index (χ0) is 22.9. The van der Waals surface area contributed by atoms with Crippen molar-refractivity contribution in [2.45, 2.75) is 4.90 Å². The van der Waals surface area contributed by atoms with Crippen molar-refractivity contribution in [3.63, 3.8) is 0 Å². The Kier molecular flexibility index (Phi) is 6.00. The summed E-state index contributed by atoms with van der Waals surface area (Å²) in [6, 6.07) is 11.2. The molecule has 0 fully saturated rings. The topological polar surface area (TPSA) is 106 Å². The van der Waals surface area contributed by atoms with Crippen molar-refractivity contribution in [1.82, 2.24) is 15.0 Å². The Labute approximate surface area is 192 Å². The van der Waals surface area contributed by atoms with Gasteiger partial charge in [-0.2, -0.15) is 0 Å². The van der Waals surface area contributed by atoms with Crippen molar-refractivity contribution in [3.05, 3.63) is 70.9 Å². The van der Waals surface area contributed by atoms with Crippen LogP contribution in [0.15, 0.2) is 59.8 Å². The van der Waals surface area contributed by atoms with E-state index in [2.05, 4.69) is 25.0 Å². The Morgan fingerprint density at radius 1 is 1.00 bits per heavy atom. The van der Waals surface area contributed by atoms with Gasteiger partial charge in [-0.15, -0.1) is 0 Å². The largest absolute Gasteiger partial charge is 0.497 e. The molecule has 0 unspecified atom stereocenters. The second-order valence-corrected chi connectivity index (χ2v) is 8.86. The number of nitrogens with one attached hydrogen (secondary N) is 2. The number of pyridine rings is 1. The van der Waals surface area contributed by atoms with Crippen LogP contribution in [0, 0.1) is 5.82 Å². The lowest BCUT2D eigenvalue weighted by molar-refractivity contribution is 0.414. The summed E-state index contributed by atoms with van der Waals surface area (Å²) in [7, 11) is -2.53. The van der Waals surface area contributed by atoms with Gasteiger partial charge < -0.3 is 10.1 Å². The normalized spacial score (nSPS) is 11.4. The van der Waals surface area contributed by atoms with E-state index in [0.29, 0.717) is 16.8 Å². The second-order valence-electron chi connectivity index (χ2n) is 6.41. The highest BCUT2D eigenvalue weighted by molar-refractivity contribution is 7.92. The van der Waals surface area contributed by atoms with Gasteiger partial charge in [-0.1, -0.05) is 23.2 Å². The van der Waals surface area contributed by atoms with Gasteiger partial charge in [0, 0.05) is 0 Å². The van der Waals surface area contributed by atoms with Gasteiger partial charge in [-0.25, -0.2) is 27.8 Å². The highest BCUT2D eigenvalue weighted by Gasteiger charge is 2.20. The number of aromatic nitrogens is 3. The van der Waals surface area contributed by atoms with Gasteiger partial charge in [0.15, 0.2) is 5.82 Å². The van der Waals surface area contributed by atoms with Gasteiger partial charge in [0.05, 0.1) is 33.9 Å². The monoisotopic (exact) mass is 493 g/mol. The number of ether oxygens (including phenoxy) is 1. The fourth-order valence-corrected chi connectivity index (χ4v) is 4.35. The number of methoxy groups -OCH3 is 1. The van der Waals surface area contributed by atoms with Gasteiger partial charge in [0.1, 0.15) is 28.6 Å². The van der Waals surface area contributed by atoms with Crippen LogP contribution in [0.25, 0.3) is 11.0 Å². The standard InChI is InChI=1S/C20H14Cl2FN5O3S/c1-31-11-2-4-12(5-3-11)32(29,30)28-14-7-6-13(23)18(17(14)22)27-20-19-15(24-10-25-20)8-9-16(21)26-19/h2-10,28H,1H3,(H,24,25,27). The smallest absolute Gasteiger partial charge is 0.261 e. The third kappa shape index (κ3) is 4.38. The summed E-state index contributed by atoms with van der Waals surface area (Å²) in [5.74, 6) is -0.0781. The predicted molar refractivity (Wildman–Crippen MR) is 121 cm³/mol. The lowest BCUT2D eigenvalue weighted by Crippen LogP contribution is -2.14. The average molecular weight is 494 g/mol. The molecule has 4 rings (SSSR count). The number of hydrogen-bond acceptors (Lipinski definition) is 7. The predicted octanol–water partition coefficient (Wildman–Crippen LogP) is 5.02. The van der Waals surface area contributed by atoms with Crippen molar-refractivity contribution < 1.29 is 17.5 Å². The number of halogens is 3. The highest BCUT2D eigenvalue weighted by atomic mass is 35.5. The molecule has 2 N–H and O–H groups in total. The fraction of sp³-hybridized carbons (Fsp3) is 0.0500. The maximum atomic E-state index is 14.6. The summed E-state index contributed by atoms with van der Waals surface area (Å²) in [5, 5.41) is 2.76. The van der Waals surface area contributed by atoms with Crippen LogP contribution in [0.4, 0.5) is 21.6 Å². The Balaban J connectivity index is 1.70. The summed E-state index contributed by atoms with van der Waals surface area (Å²) in [4.78, 5) is 12.3. The molecule has 0 spiro atoms.